The van der Waals surface area contributed by atoms with Gasteiger partial charge in [-0.15, -0.1) is 0 Å². The summed E-state index contributed by atoms with van der Waals surface area (Å²) in [4.78, 5) is 36.6. The van der Waals surface area contributed by atoms with Crippen molar-refractivity contribution in [3.63, 3.8) is 0 Å². The molecule has 1 fully saturated rings. The molecule has 1 amide bonds. The van der Waals surface area contributed by atoms with Crippen LogP contribution in [0.2, 0.25) is 0 Å². The van der Waals surface area contributed by atoms with Crippen molar-refractivity contribution in [2.75, 3.05) is 13.7 Å². The molecule has 0 N–H and O–H groups in total. The van der Waals surface area contributed by atoms with Gasteiger partial charge in [-0.2, -0.15) is 0 Å². The molecule has 1 aliphatic rings. The number of benzene rings is 1. The molecule has 1 aromatic rings. The van der Waals surface area contributed by atoms with Crippen LogP contribution in [0.3, 0.4) is 0 Å². The van der Waals surface area contributed by atoms with Crippen molar-refractivity contribution in [2.45, 2.75) is 12.5 Å². The van der Waals surface area contributed by atoms with E-state index in [4.69, 9.17) is 0 Å². The summed E-state index contributed by atoms with van der Waals surface area (Å²) in [5, 5.41) is 0. The van der Waals surface area contributed by atoms with Crippen LogP contribution in [0.4, 0.5) is 0 Å². The standard InChI is InChI=1S/C13H13NO4/c1-18-13(17)11-10(15)7-8-14(11)12(16)9-5-3-2-4-6-9/h2-6,11H,7-8H2,1H3/t11-/m0/s1. The van der Waals surface area contributed by atoms with Gasteiger partial charge in [-0.05, 0) is 12.1 Å². The molecule has 1 atom stereocenters. The molecule has 0 aromatic heterocycles. The van der Waals surface area contributed by atoms with Gasteiger partial charge < -0.3 is 9.64 Å². The molecule has 0 unspecified atom stereocenters. The molecule has 1 aliphatic heterocycles. The topological polar surface area (TPSA) is 63.7 Å². The normalized spacial score (nSPS) is 18.8. The minimum absolute atomic E-state index is 0.193. The first-order chi connectivity index (χ1) is 8.65. The summed E-state index contributed by atoms with van der Waals surface area (Å²) >= 11 is 0. The fraction of sp³-hybridized carbons (Fsp3) is 0.308. The molecule has 0 aliphatic carbocycles. The first kappa shape index (κ1) is 12.3. The molecule has 18 heavy (non-hydrogen) atoms. The summed E-state index contributed by atoms with van der Waals surface area (Å²) in [6, 6.07) is 7.47. The lowest BCUT2D eigenvalue weighted by atomic mass is 10.1. The first-order valence-corrected chi connectivity index (χ1v) is 5.61. The second kappa shape index (κ2) is 5.00. The molecule has 1 heterocycles. The fourth-order valence-electron chi connectivity index (χ4n) is 2.01. The Bertz CT molecular complexity index is 483. The van der Waals surface area contributed by atoms with Crippen LogP contribution in [0, 0.1) is 0 Å². The number of ether oxygens (including phenoxy) is 1. The fourth-order valence-corrected chi connectivity index (χ4v) is 2.01. The molecule has 0 spiro atoms. The predicted octanol–water partition coefficient (Wildman–Crippen LogP) is 0.643. The number of nitrogens with zero attached hydrogens (tertiary/aromatic N) is 1. The number of likely N-dealkylation sites (tertiary alicyclic amines) is 1. The zero-order chi connectivity index (χ0) is 13.1. The van der Waals surface area contributed by atoms with E-state index in [0.29, 0.717) is 5.56 Å². The predicted molar refractivity (Wildman–Crippen MR) is 62.9 cm³/mol. The summed E-state index contributed by atoms with van der Waals surface area (Å²) in [5.74, 6) is -1.27. The van der Waals surface area contributed by atoms with Crippen LogP contribution in [0.15, 0.2) is 30.3 Å². The van der Waals surface area contributed by atoms with Crippen LogP contribution in [-0.2, 0) is 14.3 Å². The lowest BCUT2D eigenvalue weighted by Crippen LogP contribution is -2.44. The van der Waals surface area contributed by atoms with E-state index in [1.807, 2.05) is 0 Å². The molecule has 0 bridgehead atoms. The van der Waals surface area contributed by atoms with Gasteiger partial charge in [0, 0.05) is 18.5 Å². The molecular weight excluding hydrogens is 234 g/mol. The van der Waals surface area contributed by atoms with Gasteiger partial charge in [0.2, 0.25) is 0 Å². The van der Waals surface area contributed by atoms with Crippen molar-refractivity contribution in [3.8, 4) is 0 Å². The van der Waals surface area contributed by atoms with Gasteiger partial charge in [-0.3, -0.25) is 9.59 Å². The second-order valence-corrected chi connectivity index (χ2v) is 4.01. The van der Waals surface area contributed by atoms with Gasteiger partial charge in [0.15, 0.2) is 11.8 Å². The van der Waals surface area contributed by atoms with E-state index in [9.17, 15) is 14.4 Å². The molecule has 0 radical (unpaired) electrons. The summed E-state index contributed by atoms with van der Waals surface area (Å²) in [6.45, 7) is 0.256. The molecule has 94 valence electrons. The average Bonchev–Trinajstić information content (AvgIpc) is 2.80. The number of amides is 1. The van der Waals surface area contributed by atoms with Crippen LogP contribution in [-0.4, -0.2) is 42.3 Å². The van der Waals surface area contributed by atoms with Crippen molar-refractivity contribution >= 4 is 17.7 Å². The van der Waals surface area contributed by atoms with E-state index in [1.54, 1.807) is 30.3 Å². The monoisotopic (exact) mass is 247 g/mol. The van der Waals surface area contributed by atoms with Gasteiger partial charge in [-0.25, -0.2) is 4.79 Å². The Hall–Kier alpha value is -2.17. The van der Waals surface area contributed by atoms with Gasteiger partial charge in [0.1, 0.15) is 0 Å². The number of carbonyl (C=O) groups is 3. The van der Waals surface area contributed by atoms with Crippen molar-refractivity contribution in [1.29, 1.82) is 0 Å². The average molecular weight is 247 g/mol. The van der Waals surface area contributed by atoms with Crippen LogP contribution in [0.5, 0.6) is 0 Å². The first-order valence-electron chi connectivity index (χ1n) is 5.61. The Labute approximate surface area is 104 Å². The number of Topliss-reactive ketones (excluding diaryl/α,β-unsaturated/α-hetero) is 1. The lowest BCUT2D eigenvalue weighted by Gasteiger charge is -2.21. The zero-order valence-corrected chi connectivity index (χ0v) is 9.96. The van der Waals surface area contributed by atoms with Crippen molar-refractivity contribution < 1.29 is 19.1 Å². The van der Waals surface area contributed by atoms with Crippen molar-refractivity contribution in [2.24, 2.45) is 0 Å². The zero-order valence-electron chi connectivity index (χ0n) is 9.96. The van der Waals surface area contributed by atoms with Crippen molar-refractivity contribution in [1.82, 2.24) is 4.90 Å². The summed E-state index contributed by atoms with van der Waals surface area (Å²) in [7, 11) is 1.21. The van der Waals surface area contributed by atoms with E-state index >= 15 is 0 Å². The Kier molecular flexibility index (Phi) is 3.41. The minimum Gasteiger partial charge on any atom is -0.467 e. The third kappa shape index (κ3) is 2.11. The second-order valence-electron chi connectivity index (χ2n) is 4.01. The SMILES string of the molecule is COC(=O)[C@@H]1C(=O)CCN1C(=O)c1ccccc1. The third-order valence-electron chi connectivity index (χ3n) is 2.92. The van der Waals surface area contributed by atoms with E-state index in [0.717, 1.165) is 0 Å². The Morgan fingerprint density at radius 3 is 2.56 bits per heavy atom. The van der Waals surface area contributed by atoms with Crippen molar-refractivity contribution in [3.05, 3.63) is 35.9 Å². The summed E-state index contributed by atoms with van der Waals surface area (Å²) in [6.07, 6.45) is 0.193. The van der Waals surface area contributed by atoms with Gasteiger partial charge in [0.25, 0.3) is 5.91 Å². The summed E-state index contributed by atoms with van der Waals surface area (Å²) in [5.41, 5.74) is 0.459. The quantitative estimate of drug-likeness (QED) is 0.568. The Morgan fingerprint density at radius 1 is 1.28 bits per heavy atom. The van der Waals surface area contributed by atoms with Crippen LogP contribution in [0.25, 0.3) is 0 Å². The highest BCUT2D eigenvalue weighted by Crippen LogP contribution is 2.18. The molecule has 1 saturated heterocycles. The van der Waals surface area contributed by atoms with Crippen LogP contribution < -0.4 is 0 Å². The maximum atomic E-state index is 12.2. The maximum Gasteiger partial charge on any atom is 0.336 e. The molecule has 1 aromatic carbocycles. The largest absolute Gasteiger partial charge is 0.467 e. The lowest BCUT2D eigenvalue weighted by molar-refractivity contribution is -0.147. The number of esters is 1. The number of hydrogen-bond donors (Lipinski definition) is 0. The minimum atomic E-state index is -1.09. The highest BCUT2D eigenvalue weighted by Gasteiger charge is 2.41. The van der Waals surface area contributed by atoms with E-state index in [2.05, 4.69) is 4.74 Å². The van der Waals surface area contributed by atoms with E-state index < -0.39 is 12.0 Å². The number of ketones is 1. The summed E-state index contributed by atoms with van der Waals surface area (Å²) < 4.78 is 4.57. The highest BCUT2D eigenvalue weighted by atomic mass is 16.5. The highest BCUT2D eigenvalue weighted by molar-refractivity contribution is 6.10. The number of rotatable bonds is 2. The van der Waals surface area contributed by atoms with Gasteiger partial charge >= 0.3 is 5.97 Å². The molecule has 0 saturated carbocycles. The molecule has 5 nitrogen and oxygen atoms in total. The number of carbonyl (C=O) groups excluding carboxylic acids is 3. The maximum absolute atomic E-state index is 12.2. The van der Waals surface area contributed by atoms with Crippen LogP contribution in [0.1, 0.15) is 16.8 Å². The smallest absolute Gasteiger partial charge is 0.336 e. The Morgan fingerprint density at radius 2 is 1.94 bits per heavy atom. The molecular formula is C13H13NO4. The third-order valence-corrected chi connectivity index (χ3v) is 2.92. The van der Waals surface area contributed by atoms with Gasteiger partial charge in [0.05, 0.1) is 7.11 Å². The van der Waals surface area contributed by atoms with Gasteiger partial charge in [-0.1, -0.05) is 18.2 Å². The molecule has 5 heteroatoms. The Balaban J connectivity index is 2.25. The van der Waals surface area contributed by atoms with E-state index in [-0.39, 0.29) is 24.7 Å². The number of methoxy groups -OCH3 is 1. The van der Waals surface area contributed by atoms with E-state index in [1.165, 1.54) is 12.0 Å². The van der Waals surface area contributed by atoms with Crippen LogP contribution >= 0.6 is 0 Å². The molecule has 2 rings (SSSR count). The number of hydrogen-bond acceptors (Lipinski definition) is 4.